The molecule has 1 saturated heterocycles. The Kier molecular flexibility index (Phi) is 5.68. The van der Waals surface area contributed by atoms with E-state index in [1.807, 2.05) is 0 Å². The van der Waals surface area contributed by atoms with Gasteiger partial charge < -0.3 is 10.5 Å². The van der Waals surface area contributed by atoms with Gasteiger partial charge in [0.15, 0.2) is 0 Å². The number of rotatable bonds is 2. The van der Waals surface area contributed by atoms with E-state index in [0.717, 1.165) is 13.2 Å². The highest BCUT2D eigenvalue weighted by molar-refractivity contribution is 6.29. The first-order valence-corrected chi connectivity index (χ1v) is 7.15. The van der Waals surface area contributed by atoms with E-state index in [2.05, 4.69) is 35.3 Å². The predicted molar refractivity (Wildman–Crippen MR) is 84.9 cm³/mol. The van der Waals surface area contributed by atoms with Gasteiger partial charge in [-0.3, -0.25) is 10.1 Å². The number of benzene rings is 1. The largest absolute Gasteiger partial charge is 0.381 e. The maximum Gasteiger partial charge on any atom is 0.311 e. The fourth-order valence-electron chi connectivity index (χ4n) is 2.12. The Labute approximate surface area is 133 Å². The van der Waals surface area contributed by atoms with Gasteiger partial charge in [-0.15, -0.1) is 0 Å². The summed E-state index contributed by atoms with van der Waals surface area (Å²) < 4.78 is 5.31. The van der Waals surface area contributed by atoms with Crippen molar-refractivity contribution in [3.05, 3.63) is 63.3 Å². The van der Waals surface area contributed by atoms with Crippen molar-refractivity contribution in [1.29, 1.82) is 0 Å². The average molecular weight is 322 g/mol. The summed E-state index contributed by atoms with van der Waals surface area (Å²) in [5.41, 5.74) is 6.38. The number of nitrogens with two attached hydrogens (primary N) is 1. The van der Waals surface area contributed by atoms with Gasteiger partial charge in [0.2, 0.25) is 5.82 Å². The molecule has 1 aromatic carbocycles. The van der Waals surface area contributed by atoms with Crippen molar-refractivity contribution in [2.75, 3.05) is 18.9 Å². The van der Waals surface area contributed by atoms with E-state index in [9.17, 15) is 10.1 Å². The molecule has 6 nitrogen and oxygen atoms in total. The molecule has 0 radical (unpaired) electrons. The number of hydrogen-bond donors (Lipinski definition) is 1. The number of hydrogen-bond acceptors (Lipinski definition) is 5. The zero-order valence-corrected chi connectivity index (χ0v) is 12.6. The Morgan fingerprint density at radius 3 is 2.55 bits per heavy atom. The van der Waals surface area contributed by atoms with E-state index in [0.29, 0.717) is 5.92 Å². The molecule has 7 heteroatoms. The summed E-state index contributed by atoms with van der Waals surface area (Å²) in [5.74, 6) is 0.485. The van der Waals surface area contributed by atoms with Crippen LogP contribution in [0, 0.1) is 10.1 Å². The minimum absolute atomic E-state index is 0.146. The topological polar surface area (TPSA) is 91.3 Å². The van der Waals surface area contributed by atoms with Crippen LogP contribution < -0.4 is 5.73 Å². The lowest BCUT2D eigenvalue weighted by Crippen LogP contribution is -1.97. The van der Waals surface area contributed by atoms with Gasteiger partial charge in [-0.25, -0.2) is 4.98 Å². The summed E-state index contributed by atoms with van der Waals surface area (Å²) in [6.07, 6.45) is 1.18. The molecule has 1 unspecified atom stereocenters. The third-order valence-electron chi connectivity index (χ3n) is 3.27. The van der Waals surface area contributed by atoms with Crippen LogP contribution in [0.15, 0.2) is 42.5 Å². The van der Waals surface area contributed by atoms with Gasteiger partial charge in [0, 0.05) is 18.6 Å². The minimum atomic E-state index is -0.612. The van der Waals surface area contributed by atoms with E-state index >= 15 is 0 Å². The third kappa shape index (κ3) is 4.41. The normalized spacial score (nSPS) is 16.7. The Morgan fingerprint density at radius 2 is 2.00 bits per heavy atom. The minimum Gasteiger partial charge on any atom is -0.381 e. The number of nitrogens with zero attached hydrogens (tertiary/aromatic N) is 2. The first-order chi connectivity index (χ1) is 10.6. The summed E-state index contributed by atoms with van der Waals surface area (Å²) in [5, 5.41) is 10.3. The number of ether oxygens (including phenoxy) is 1. The molecule has 2 N–H and O–H groups in total. The fourth-order valence-corrected chi connectivity index (χ4v) is 2.27. The van der Waals surface area contributed by atoms with Crippen molar-refractivity contribution < 1.29 is 9.66 Å². The molecule has 1 fully saturated rings. The predicted octanol–water partition coefficient (Wildman–Crippen LogP) is 3.42. The molecule has 1 atom stereocenters. The van der Waals surface area contributed by atoms with Crippen LogP contribution in [0.5, 0.6) is 0 Å². The first-order valence-electron chi connectivity index (χ1n) is 6.77. The fraction of sp³-hybridized carbons (Fsp3) is 0.267. The highest BCUT2D eigenvalue weighted by Crippen LogP contribution is 2.24. The van der Waals surface area contributed by atoms with Crippen LogP contribution in [0.2, 0.25) is 5.15 Å². The van der Waals surface area contributed by atoms with Gasteiger partial charge in [0.1, 0.15) is 5.15 Å². The Hall–Kier alpha value is -2.18. The zero-order chi connectivity index (χ0) is 15.9. The molecule has 116 valence electrons. The first kappa shape index (κ1) is 16.2. The molecule has 3 rings (SSSR count). The standard InChI is InChI=1S/C10H12O.C5H4ClN3O2/c1-2-4-9(5-3-1)10-6-7-11-8-10;6-4-2-1-3(9(10)11)5(7)8-4/h1-5,10H,6-8H2;1-2H,(H2,7,8). The van der Waals surface area contributed by atoms with Gasteiger partial charge in [0.25, 0.3) is 0 Å². The van der Waals surface area contributed by atoms with Gasteiger partial charge >= 0.3 is 5.69 Å². The highest BCUT2D eigenvalue weighted by atomic mass is 35.5. The summed E-state index contributed by atoms with van der Waals surface area (Å²) in [7, 11) is 0. The molecular weight excluding hydrogens is 306 g/mol. The van der Waals surface area contributed by atoms with Gasteiger partial charge in [0.05, 0.1) is 11.5 Å². The number of pyridine rings is 1. The maximum atomic E-state index is 10.2. The number of nitrogen functional groups attached to an aromatic ring is 1. The Bertz CT molecular complexity index is 631. The van der Waals surface area contributed by atoms with E-state index in [1.54, 1.807) is 0 Å². The van der Waals surface area contributed by atoms with Crippen LogP contribution in [-0.4, -0.2) is 23.1 Å². The van der Waals surface area contributed by atoms with Crippen molar-refractivity contribution in [2.24, 2.45) is 0 Å². The molecule has 1 aliphatic rings. The van der Waals surface area contributed by atoms with Crippen molar-refractivity contribution in [3.63, 3.8) is 0 Å². The van der Waals surface area contributed by atoms with Crippen LogP contribution in [0.25, 0.3) is 0 Å². The van der Waals surface area contributed by atoms with Crippen LogP contribution in [0.3, 0.4) is 0 Å². The number of halogens is 1. The smallest absolute Gasteiger partial charge is 0.311 e. The SMILES string of the molecule is Nc1nc(Cl)ccc1[N+](=O)[O-].c1ccc(C2CCOC2)cc1. The average Bonchev–Trinajstić information content (AvgIpc) is 3.02. The molecule has 0 aliphatic carbocycles. The van der Waals surface area contributed by atoms with Crippen LogP contribution in [-0.2, 0) is 4.74 Å². The monoisotopic (exact) mass is 321 g/mol. The molecule has 22 heavy (non-hydrogen) atoms. The molecule has 0 bridgehead atoms. The van der Waals surface area contributed by atoms with E-state index in [4.69, 9.17) is 22.1 Å². The second-order valence-corrected chi connectivity index (χ2v) is 5.15. The lowest BCUT2D eigenvalue weighted by atomic mass is 9.99. The van der Waals surface area contributed by atoms with E-state index < -0.39 is 4.92 Å². The lowest BCUT2D eigenvalue weighted by Gasteiger charge is -2.05. The second-order valence-electron chi connectivity index (χ2n) is 4.77. The zero-order valence-electron chi connectivity index (χ0n) is 11.8. The van der Waals surface area contributed by atoms with Crippen molar-refractivity contribution in [2.45, 2.75) is 12.3 Å². The second kappa shape index (κ2) is 7.72. The summed E-state index contributed by atoms with van der Waals surface area (Å²) >= 11 is 5.41. The molecule has 0 saturated carbocycles. The molecule has 1 aromatic heterocycles. The summed E-state index contributed by atoms with van der Waals surface area (Å²) in [4.78, 5) is 13.1. The lowest BCUT2D eigenvalue weighted by molar-refractivity contribution is -0.384. The molecule has 0 spiro atoms. The van der Waals surface area contributed by atoms with Gasteiger partial charge in [-0.1, -0.05) is 41.9 Å². The highest BCUT2D eigenvalue weighted by Gasteiger charge is 2.16. The molecule has 2 heterocycles. The van der Waals surface area contributed by atoms with E-state index in [1.165, 1.54) is 24.1 Å². The maximum absolute atomic E-state index is 10.2. The van der Waals surface area contributed by atoms with Gasteiger partial charge in [-0.2, -0.15) is 0 Å². The van der Waals surface area contributed by atoms with Gasteiger partial charge in [-0.05, 0) is 18.1 Å². The molecular formula is C15H16ClN3O3. The Balaban J connectivity index is 0.000000160. The number of anilines is 1. The Morgan fingerprint density at radius 1 is 1.27 bits per heavy atom. The van der Waals surface area contributed by atoms with Crippen molar-refractivity contribution in [3.8, 4) is 0 Å². The summed E-state index contributed by atoms with van der Waals surface area (Å²) in [6.45, 7) is 1.84. The van der Waals surface area contributed by atoms with Crippen LogP contribution >= 0.6 is 11.6 Å². The number of aromatic nitrogens is 1. The van der Waals surface area contributed by atoms with Crippen LogP contribution in [0.1, 0.15) is 17.9 Å². The molecule has 2 aromatic rings. The van der Waals surface area contributed by atoms with Crippen molar-refractivity contribution >= 4 is 23.1 Å². The summed E-state index contributed by atoms with van der Waals surface area (Å²) in [6, 6.07) is 13.1. The van der Waals surface area contributed by atoms with Crippen LogP contribution in [0.4, 0.5) is 11.5 Å². The molecule has 0 amide bonds. The number of nitro groups is 1. The van der Waals surface area contributed by atoms with Crippen molar-refractivity contribution in [1.82, 2.24) is 4.98 Å². The molecule has 1 aliphatic heterocycles. The van der Waals surface area contributed by atoms with E-state index in [-0.39, 0.29) is 16.7 Å². The third-order valence-corrected chi connectivity index (χ3v) is 3.48. The quantitative estimate of drug-likeness (QED) is 0.520.